The van der Waals surface area contributed by atoms with Crippen molar-refractivity contribution in [2.24, 2.45) is 0 Å². The van der Waals surface area contributed by atoms with Crippen molar-refractivity contribution in [1.82, 2.24) is 4.90 Å². The van der Waals surface area contributed by atoms with Crippen LogP contribution in [0.15, 0.2) is 48.5 Å². The minimum absolute atomic E-state index is 0.139. The van der Waals surface area contributed by atoms with Gasteiger partial charge < -0.3 is 19.1 Å². The summed E-state index contributed by atoms with van der Waals surface area (Å²) in [5.74, 6) is 0.858. The number of ether oxygens (including phenoxy) is 3. The van der Waals surface area contributed by atoms with E-state index in [1.54, 1.807) is 50.3 Å². The molecule has 0 aliphatic carbocycles. The Morgan fingerprint density at radius 2 is 1.67 bits per heavy atom. The van der Waals surface area contributed by atoms with E-state index in [1.807, 2.05) is 24.3 Å². The van der Waals surface area contributed by atoms with E-state index in [4.69, 9.17) is 14.2 Å². The van der Waals surface area contributed by atoms with E-state index in [0.29, 0.717) is 24.5 Å². The lowest BCUT2D eigenvalue weighted by molar-refractivity contribution is -0.143. The average molecular weight is 371 g/mol. The van der Waals surface area contributed by atoms with Crippen LogP contribution in [-0.2, 0) is 16.1 Å². The first kappa shape index (κ1) is 20.3. The molecule has 2 aromatic rings. The molecule has 0 aromatic heterocycles. The predicted octanol–water partition coefficient (Wildman–Crippen LogP) is 3.30. The van der Waals surface area contributed by atoms with Crippen LogP contribution < -0.4 is 9.47 Å². The Kier molecular flexibility index (Phi) is 7.67. The number of amides is 1. The molecule has 0 saturated heterocycles. The summed E-state index contributed by atoms with van der Waals surface area (Å²) in [6.45, 7) is 2.72. The second kappa shape index (κ2) is 10.2. The van der Waals surface area contributed by atoms with Crippen LogP contribution in [0.4, 0.5) is 0 Å². The highest BCUT2D eigenvalue weighted by molar-refractivity contribution is 5.94. The Morgan fingerprint density at radius 3 is 2.30 bits per heavy atom. The van der Waals surface area contributed by atoms with E-state index >= 15 is 0 Å². The number of carbonyl (C=O) groups is 2. The molecule has 2 rings (SSSR count). The molecule has 0 saturated carbocycles. The van der Waals surface area contributed by atoms with Crippen molar-refractivity contribution in [1.29, 1.82) is 0 Å². The van der Waals surface area contributed by atoms with Crippen LogP contribution in [-0.4, -0.2) is 44.1 Å². The fourth-order valence-corrected chi connectivity index (χ4v) is 2.60. The number of hydrogen-bond donors (Lipinski definition) is 0. The Labute approximate surface area is 159 Å². The number of esters is 1. The standard InChI is InChI=1S/C21H25NO5/c1-4-27-20(23)12-13-22(15-16-8-10-18(25-2)11-9-16)21(24)17-6-5-7-19(14-17)26-3/h5-11,14H,4,12-13,15H2,1-3H3. The molecule has 0 heterocycles. The monoisotopic (exact) mass is 371 g/mol. The Balaban J connectivity index is 2.18. The third-order valence-electron chi connectivity index (χ3n) is 4.03. The zero-order valence-corrected chi connectivity index (χ0v) is 15.9. The molecule has 0 unspecified atom stereocenters. The number of rotatable bonds is 9. The van der Waals surface area contributed by atoms with Gasteiger partial charge in [-0.2, -0.15) is 0 Å². The van der Waals surface area contributed by atoms with Gasteiger partial charge in [0, 0.05) is 18.7 Å². The number of nitrogens with zero attached hydrogens (tertiary/aromatic N) is 1. The summed E-state index contributed by atoms with van der Waals surface area (Å²) in [6, 6.07) is 14.4. The summed E-state index contributed by atoms with van der Waals surface area (Å²) in [4.78, 5) is 26.4. The molecule has 2 aromatic carbocycles. The van der Waals surface area contributed by atoms with Gasteiger partial charge in [-0.05, 0) is 42.8 Å². The lowest BCUT2D eigenvalue weighted by atomic mass is 10.1. The van der Waals surface area contributed by atoms with Crippen molar-refractivity contribution in [3.8, 4) is 11.5 Å². The molecule has 0 aliphatic heterocycles. The summed E-state index contributed by atoms with van der Waals surface area (Å²) in [7, 11) is 3.16. The molecule has 0 radical (unpaired) electrons. The normalized spacial score (nSPS) is 10.2. The Hall–Kier alpha value is -3.02. The molecule has 144 valence electrons. The van der Waals surface area contributed by atoms with Crippen molar-refractivity contribution >= 4 is 11.9 Å². The maximum Gasteiger partial charge on any atom is 0.307 e. The summed E-state index contributed by atoms with van der Waals surface area (Å²) in [5, 5.41) is 0. The van der Waals surface area contributed by atoms with Gasteiger partial charge in [0.05, 0.1) is 27.2 Å². The quantitative estimate of drug-likeness (QED) is 0.633. The third kappa shape index (κ3) is 6.02. The zero-order valence-electron chi connectivity index (χ0n) is 15.9. The van der Waals surface area contributed by atoms with Crippen molar-refractivity contribution in [2.75, 3.05) is 27.4 Å². The SMILES string of the molecule is CCOC(=O)CCN(Cc1ccc(OC)cc1)C(=O)c1cccc(OC)c1. The topological polar surface area (TPSA) is 65.1 Å². The van der Waals surface area contributed by atoms with Gasteiger partial charge >= 0.3 is 5.97 Å². The first-order valence-corrected chi connectivity index (χ1v) is 8.79. The lowest BCUT2D eigenvalue weighted by Crippen LogP contribution is -2.33. The molecular weight excluding hydrogens is 346 g/mol. The Morgan fingerprint density at radius 1 is 0.963 bits per heavy atom. The molecule has 6 nitrogen and oxygen atoms in total. The summed E-state index contributed by atoms with van der Waals surface area (Å²) < 4.78 is 15.3. The number of benzene rings is 2. The zero-order chi connectivity index (χ0) is 19.6. The molecule has 6 heteroatoms. The van der Waals surface area contributed by atoms with Crippen molar-refractivity contribution < 1.29 is 23.8 Å². The molecule has 0 bridgehead atoms. The lowest BCUT2D eigenvalue weighted by Gasteiger charge is -2.23. The number of carbonyl (C=O) groups excluding carboxylic acids is 2. The molecule has 0 atom stereocenters. The van der Waals surface area contributed by atoms with E-state index in [-0.39, 0.29) is 24.8 Å². The van der Waals surface area contributed by atoms with Crippen LogP contribution in [0.5, 0.6) is 11.5 Å². The first-order valence-electron chi connectivity index (χ1n) is 8.79. The van der Waals surface area contributed by atoms with E-state index in [2.05, 4.69) is 0 Å². The van der Waals surface area contributed by atoms with Crippen molar-refractivity contribution in [3.05, 3.63) is 59.7 Å². The van der Waals surface area contributed by atoms with Gasteiger partial charge in [-0.1, -0.05) is 18.2 Å². The van der Waals surface area contributed by atoms with Crippen LogP contribution in [0.25, 0.3) is 0 Å². The highest BCUT2D eigenvalue weighted by Gasteiger charge is 2.18. The number of hydrogen-bond acceptors (Lipinski definition) is 5. The molecule has 0 fully saturated rings. The minimum atomic E-state index is -0.323. The van der Waals surface area contributed by atoms with Gasteiger partial charge in [-0.15, -0.1) is 0 Å². The van der Waals surface area contributed by atoms with Gasteiger partial charge in [0.25, 0.3) is 5.91 Å². The van der Waals surface area contributed by atoms with Crippen LogP contribution in [0.3, 0.4) is 0 Å². The van der Waals surface area contributed by atoms with Crippen LogP contribution in [0.2, 0.25) is 0 Å². The van der Waals surface area contributed by atoms with Gasteiger partial charge in [0.15, 0.2) is 0 Å². The minimum Gasteiger partial charge on any atom is -0.497 e. The first-order chi connectivity index (χ1) is 13.1. The molecule has 0 spiro atoms. The second-order valence-corrected chi connectivity index (χ2v) is 5.86. The largest absolute Gasteiger partial charge is 0.497 e. The summed E-state index contributed by atoms with van der Waals surface area (Å²) >= 11 is 0. The van der Waals surface area contributed by atoms with Gasteiger partial charge in [0.1, 0.15) is 11.5 Å². The predicted molar refractivity (Wildman–Crippen MR) is 102 cm³/mol. The highest BCUT2D eigenvalue weighted by Crippen LogP contribution is 2.18. The van der Waals surface area contributed by atoms with E-state index < -0.39 is 0 Å². The van der Waals surface area contributed by atoms with Crippen molar-refractivity contribution in [3.63, 3.8) is 0 Å². The molecule has 1 amide bonds. The molecule has 0 aliphatic rings. The van der Waals surface area contributed by atoms with Crippen LogP contribution in [0.1, 0.15) is 29.3 Å². The average Bonchev–Trinajstić information content (AvgIpc) is 2.71. The van der Waals surface area contributed by atoms with E-state index in [0.717, 1.165) is 11.3 Å². The van der Waals surface area contributed by atoms with E-state index in [1.165, 1.54) is 0 Å². The fourth-order valence-electron chi connectivity index (χ4n) is 2.60. The van der Waals surface area contributed by atoms with Crippen LogP contribution in [0, 0.1) is 0 Å². The second-order valence-electron chi connectivity index (χ2n) is 5.86. The van der Waals surface area contributed by atoms with Gasteiger partial charge in [-0.3, -0.25) is 9.59 Å². The summed E-state index contributed by atoms with van der Waals surface area (Å²) in [6.07, 6.45) is 0.139. The van der Waals surface area contributed by atoms with Crippen molar-refractivity contribution in [2.45, 2.75) is 19.9 Å². The van der Waals surface area contributed by atoms with Crippen LogP contribution >= 0.6 is 0 Å². The Bertz CT molecular complexity index is 757. The number of methoxy groups -OCH3 is 2. The van der Waals surface area contributed by atoms with Gasteiger partial charge in [0.2, 0.25) is 0 Å². The maximum atomic E-state index is 13.0. The highest BCUT2D eigenvalue weighted by atomic mass is 16.5. The van der Waals surface area contributed by atoms with Gasteiger partial charge in [-0.25, -0.2) is 0 Å². The smallest absolute Gasteiger partial charge is 0.307 e. The van der Waals surface area contributed by atoms with E-state index in [9.17, 15) is 9.59 Å². The molecular formula is C21H25NO5. The maximum absolute atomic E-state index is 13.0. The summed E-state index contributed by atoms with van der Waals surface area (Å²) in [5.41, 5.74) is 1.45. The molecule has 0 N–H and O–H groups in total. The third-order valence-corrected chi connectivity index (χ3v) is 4.03. The molecule has 27 heavy (non-hydrogen) atoms. The fraction of sp³-hybridized carbons (Fsp3) is 0.333.